The van der Waals surface area contributed by atoms with Gasteiger partial charge in [-0.25, -0.2) is 4.79 Å². The van der Waals surface area contributed by atoms with Crippen LogP contribution in [0.15, 0.2) is 18.2 Å². The number of H-pyrrole nitrogens is 1. The Morgan fingerprint density at radius 2 is 1.83 bits per heavy atom. The maximum Gasteiger partial charge on any atom is 0.355 e. The van der Waals surface area contributed by atoms with E-state index in [1.807, 2.05) is 24.0 Å². The molecule has 1 saturated heterocycles. The molecule has 3 heterocycles. The number of carbonyl (C=O) groups is 2. The van der Waals surface area contributed by atoms with Gasteiger partial charge in [0.2, 0.25) is 6.79 Å². The van der Waals surface area contributed by atoms with Gasteiger partial charge in [0, 0.05) is 38.4 Å². The zero-order valence-corrected chi connectivity index (χ0v) is 17.6. The molecule has 0 saturated carbocycles. The number of nitrogens with zero attached hydrogens (tertiary/aromatic N) is 2. The summed E-state index contributed by atoms with van der Waals surface area (Å²) in [6.45, 7) is 9.59. The summed E-state index contributed by atoms with van der Waals surface area (Å²) in [5, 5.41) is 0. The summed E-state index contributed by atoms with van der Waals surface area (Å²) >= 11 is 0. The van der Waals surface area contributed by atoms with Crippen molar-refractivity contribution >= 4 is 11.9 Å². The minimum absolute atomic E-state index is 0.0421. The van der Waals surface area contributed by atoms with Crippen molar-refractivity contribution in [3.63, 3.8) is 0 Å². The van der Waals surface area contributed by atoms with E-state index in [2.05, 4.69) is 16.0 Å². The number of aromatic nitrogens is 1. The second kappa shape index (κ2) is 8.39. The van der Waals surface area contributed by atoms with Gasteiger partial charge in [-0.05, 0) is 44.0 Å². The predicted molar refractivity (Wildman–Crippen MR) is 110 cm³/mol. The van der Waals surface area contributed by atoms with Crippen molar-refractivity contribution in [2.45, 2.75) is 27.3 Å². The van der Waals surface area contributed by atoms with Crippen LogP contribution in [-0.2, 0) is 11.3 Å². The lowest BCUT2D eigenvalue weighted by molar-refractivity contribution is 0.0519. The number of esters is 1. The van der Waals surface area contributed by atoms with Gasteiger partial charge in [0.05, 0.1) is 12.2 Å². The second-order valence-electron chi connectivity index (χ2n) is 7.60. The molecule has 2 aliphatic heterocycles. The molecule has 1 aromatic carbocycles. The van der Waals surface area contributed by atoms with Crippen LogP contribution in [-0.4, -0.2) is 66.2 Å². The highest BCUT2D eigenvalue weighted by molar-refractivity contribution is 6.01. The fourth-order valence-corrected chi connectivity index (χ4v) is 4.04. The second-order valence-corrected chi connectivity index (χ2v) is 7.60. The van der Waals surface area contributed by atoms with Crippen molar-refractivity contribution in [1.82, 2.24) is 14.8 Å². The van der Waals surface area contributed by atoms with Gasteiger partial charge in [0.25, 0.3) is 5.91 Å². The molecule has 0 spiro atoms. The average molecular weight is 413 g/mol. The zero-order valence-electron chi connectivity index (χ0n) is 17.6. The number of ether oxygens (including phenoxy) is 3. The number of hydrogen-bond donors (Lipinski definition) is 1. The molecule has 1 N–H and O–H groups in total. The molecule has 0 bridgehead atoms. The summed E-state index contributed by atoms with van der Waals surface area (Å²) < 4.78 is 15.9. The third kappa shape index (κ3) is 3.87. The monoisotopic (exact) mass is 413 g/mol. The molecule has 0 atom stereocenters. The lowest BCUT2D eigenvalue weighted by atomic mass is 10.1. The molecule has 0 radical (unpaired) electrons. The van der Waals surface area contributed by atoms with Crippen molar-refractivity contribution in [2.24, 2.45) is 0 Å². The Morgan fingerprint density at radius 3 is 2.57 bits per heavy atom. The van der Waals surface area contributed by atoms with E-state index in [0.717, 1.165) is 36.7 Å². The first-order chi connectivity index (χ1) is 14.5. The van der Waals surface area contributed by atoms with Crippen molar-refractivity contribution in [3.05, 3.63) is 46.3 Å². The Morgan fingerprint density at radius 1 is 1.10 bits per heavy atom. The number of nitrogens with one attached hydrogen (secondary N) is 1. The molecule has 1 fully saturated rings. The Bertz CT molecular complexity index is 960. The number of piperazine rings is 1. The largest absolute Gasteiger partial charge is 0.461 e. The highest BCUT2D eigenvalue weighted by atomic mass is 16.7. The van der Waals surface area contributed by atoms with Gasteiger partial charge < -0.3 is 24.1 Å². The van der Waals surface area contributed by atoms with E-state index < -0.39 is 5.97 Å². The Kier molecular flexibility index (Phi) is 5.67. The number of carbonyl (C=O) groups excluding carboxylic acids is 2. The SMILES string of the molecule is CCOC(=O)c1[nH]c(C)c(C(=O)N2CCN(Cc3ccc4c(c3)OCO4)CC2)c1C. The zero-order chi connectivity index (χ0) is 21.3. The quantitative estimate of drug-likeness (QED) is 0.759. The van der Waals surface area contributed by atoms with Crippen molar-refractivity contribution in [2.75, 3.05) is 39.6 Å². The summed E-state index contributed by atoms with van der Waals surface area (Å²) in [7, 11) is 0. The fraction of sp³-hybridized carbons (Fsp3) is 0.455. The summed E-state index contributed by atoms with van der Waals surface area (Å²) in [5.41, 5.74) is 3.44. The Balaban J connectivity index is 1.38. The topological polar surface area (TPSA) is 84.1 Å². The smallest absolute Gasteiger partial charge is 0.355 e. The molecule has 8 nitrogen and oxygen atoms in total. The van der Waals surface area contributed by atoms with E-state index in [9.17, 15) is 9.59 Å². The van der Waals surface area contributed by atoms with Gasteiger partial charge in [-0.3, -0.25) is 9.69 Å². The van der Waals surface area contributed by atoms with E-state index in [4.69, 9.17) is 14.2 Å². The molecule has 30 heavy (non-hydrogen) atoms. The number of amides is 1. The molecular formula is C22H27N3O5. The summed E-state index contributed by atoms with van der Waals surface area (Å²) in [4.78, 5) is 32.5. The number of hydrogen-bond acceptors (Lipinski definition) is 6. The maximum atomic E-state index is 13.1. The van der Waals surface area contributed by atoms with Crippen molar-refractivity contribution in [3.8, 4) is 11.5 Å². The Hall–Kier alpha value is -3.00. The molecule has 4 rings (SSSR count). The summed E-state index contributed by atoms with van der Waals surface area (Å²) in [6, 6.07) is 6.01. The first-order valence-electron chi connectivity index (χ1n) is 10.2. The average Bonchev–Trinajstić information content (AvgIpc) is 3.31. The molecule has 2 aliphatic rings. The number of aromatic amines is 1. The van der Waals surface area contributed by atoms with Gasteiger partial charge in [-0.15, -0.1) is 0 Å². The maximum absolute atomic E-state index is 13.1. The van der Waals surface area contributed by atoms with Crippen LogP contribution in [0.4, 0.5) is 0 Å². The van der Waals surface area contributed by atoms with E-state index in [1.165, 1.54) is 0 Å². The van der Waals surface area contributed by atoms with E-state index in [-0.39, 0.29) is 12.7 Å². The van der Waals surface area contributed by atoms with Crippen LogP contribution in [0.2, 0.25) is 0 Å². The predicted octanol–water partition coefficient (Wildman–Crippen LogP) is 2.49. The third-order valence-electron chi connectivity index (χ3n) is 5.63. The summed E-state index contributed by atoms with van der Waals surface area (Å²) in [6.07, 6.45) is 0. The van der Waals surface area contributed by atoms with Gasteiger partial charge >= 0.3 is 5.97 Å². The normalized spacial score (nSPS) is 16.0. The van der Waals surface area contributed by atoms with Gasteiger partial charge in [0.15, 0.2) is 11.5 Å². The van der Waals surface area contributed by atoms with Crippen LogP contribution in [0, 0.1) is 13.8 Å². The molecular weight excluding hydrogens is 386 g/mol. The van der Waals surface area contributed by atoms with Crippen LogP contribution < -0.4 is 9.47 Å². The molecule has 0 aliphatic carbocycles. The van der Waals surface area contributed by atoms with E-state index >= 15 is 0 Å². The van der Waals surface area contributed by atoms with Gasteiger partial charge in [-0.2, -0.15) is 0 Å². The molecule has 8 heteroatoms. The van der Waals surface area contributed by atoms with Crippen LogP contribution in [0.1, 0.15) is 44.6 Å². The first-order valence-corrected chi connectivity index (χ1v) is 10.2. The summed E-state index contributed by atoms with van der Waals surface area (Å²) in [5.74, 6) is 1.11. The van der Waals surface area contributed by atoms with Gasteiger partial charge in [-0.1, -0.05) is 6.07 Å². The number of rotatable bonds is 5. The highest BCUT2D eigenvalue weighted by Gasteiger charge is 2.28. The standard InChI is InChI=1S/C22H27N3O5/c1-4-28-22(27)20-14(2)19(15(3)23-20)21(26)25-9-7-24(8-10-25)12-16-5-6-17-18(11-16)30-13-29-17/h5-6,11,23H,4,7-10,12-13H2,1-3H3. The molecule has 160 valence electrons. The fourth-order valence-electron chi connectivity index (χ4n) is 4.04. The number of fused-ring (bicyclic) bond motifs is 1. The van der Waals surface area contributed by atoms with Crippen LogP contribution in [0.5, 0.6) is 11.5 Å². The van der Waals surface area contributed by atoms with E-state index in [0.29, 0.717) is 42.2 Å². The van der Waals surface area contributed by atoms with Crippen molar-refractivity contribution < 1.29 is 23.8 Å². The lowest BCUT2D eigenvalue weighted by Gasteiger charge is -2.35. The third-order valence-corrected chi connectivity index (χ3v) is 5.63. The van der Waals surface area contributed by atoms with Crippen molar-refractivity contribution in [1.29, 1.82) is 0 Å². The number of aryl methyl sites for hydroxylation is 1. The van der Waals surface area contributed by atoms with E-state index in [1.54, 1.807) is 13.8 Å². The minimum Gasteiger partial charge on any atom is -0.461 e. The molecule has 1 aromatic heterocycles. The molecule has 0 unspecified atom stereocenters. The van der Waals surface area contributed by atoms with Crippen LogP contribution in [0.3, 0.4) is 0 Å². The highest BCUT2D eigenvalue weighted by Crippen LogP contribution is 2.33. The lowest BCUT2D eigenvalue weighted by Crippen LogP contribution is -2.48. The minimum atomic E-state index is -0.425. The number of benzene rings is 1. The van der Waals surface area contributed by atoms with Gasteiger partial charge in [0.1, 0.15) is 5.69 Å². The van der Waals surface area contributed by atoms with Crippen LogP contribution in [0.25, 0.3) is 0 Å². The Labute approximate surface area is 175 Å². The van der Waals surface area contributed by atoms with Crippen LogP contribution >= 0.6 is 0 Å². The first kappa shape index (κ1) is 20.3. The molecule has 1 amide bonds. The molecule has 2 aromatic rings.